The van der Waals surface area contributed by atoms with Crippen LogP contribution in [0.15, 0.2) is 0 Å². The van der Waals surface area contributed by atoms with E-state index in [9.17, 15) is 8.42 Å². The fraction of sp³-hybridized carbons (Fsp3) is 1.00. The summed E-state index contributed by atoms with van der Waals surface area (Å²) in [5, 5.41) is 8.93. The van der Waals surface area contributed by atoms with E-state index in [2.05, 4.69) is 4.72 Å². The highest BCUT2D eigenvalue weighted by molar-refractivity contribution is 7.87. The fourth-order valence-corrected chi connectivity index (χ4v) is 3.78. The number of nitrogens with zero attached hydrogens (tertiary/aromatic N) is 1. The molecule has 1 aliphatic carbocycles. The Kier molecular flexibility index (Phi) is 4.07. The summed E-state index contributed by atoms with van der Waals surface area (Å²) >= 11 is 0. The first kappa shape index (κ1) is 13.3. The van der Waals surface area contributed by atoms with Gasteiger partial charge in [-0.1, -0.05) is 6.42 Å². The minimum absolute atomic E-state index is 0.0393. The van der Waals surface area contributed by atoms with Crippen molar-refractivity contribution in [3.63, 3.8) is 0 Å². The van der Waals surface area contributed by atoms with Gasteiger partial charge in [0, 0.05) is 26.2 Å². The fourth-order valence-electron chi connectivity index (χ4n) is 2.37. The molecule has 6 heteroatoms. The van der Waals surface area contributed by atoms with E-state index < -0.39 is 10.2 Å². The van der Waals surface area contributed by atoms with Crippen molar-refractivity contribution in [2.75, 3.05) is 26.2 Å². The monoisotopic (exact) mass is 262 g/mol. The molecule has 2 aliphatic rings. The second kappa shape index (κ2) is 5.22. The minimum atomic E-state index is -3.29. The Morgan fingerprint density at radius 1 is 1.18 bits per heavy atom. The Hall–Kier alpha value is -0.170. The largest absolute Gasteiger partial charge is 0.396 e. The van der Waals surface area contributed by atoms with Crippen LogP contribution in [0.2, 0.25) is 0 Å². The zero-order chi connectivity index (χ0) is 12.4. The maximum atomic E-state index is 12.0. The highest BCUT2D eigenvalue weighted by Crippen LogP contribution is 2.48. The molecule has 1 aliphatic heterocycles. The van der Waals surface area contributed by atoms with Crippen LogP contribution >= 0.6 is 0 Å². The molecule has 100 valence electrons. The van der Waals surface area contributed by atoms with Gasteiger partial charge in [0.1, 0.15) is 0 Å². The smallest absolute Gasteiger partial charge is 0.279 e. The number of rotatable bonds is 6. The van der Waals surface area contributed by atoms with Crippen molar-refractivity contribution in [2.24, 2.45) is 5.41 Å². The topological polar surface area (TPSA) is 69.6 Å². The van der Waals surface area contributed by atoms with Gasteiger partial charge < -0.3 is 5.11 Å². The van der Waals surface area contributed by atoms with Crippen LogP contribution in [0, 0.1) is 5.41 Å². The van der Waals surface area contributed by atoms with Gasteiger partial charge in [-0.05, 0) is 37.5 Å². The molecule has 0 bridgehead atoms. The van der Waals surface area contributed by atoms with Crippen molar-refractivity contribution < 1.29 is 13.5 Å². The first-order valence-corrected chi connectivity index (χ1v) is 7.88. The van der Waals surface area contributed by atoms with Crippen LogP contribution in [0.25, 0.3) is 0 Å². The van der Waals surface area contributed by atoms with Crippen LogP contribution in [0.1, 0.15) is 38.5 Å². The van der Waals surface area contributed by atoms with E-state index in [1.165, 1.54) is 0 Å². The Bertz CT molecular complexity index is 346. The molecule has 0 unspecified atom stereocenters. The van der Waals surface area contributed by atoms with Crippen LogP contribution in [-0.4, -0.2) is 44.1 Å². The second-order valence-electron chi connectivity index (χ2n) is 5.26. The molecule has 1 heterocycles. The molecule has 0 spiro atoms. The van der Waals surface area contributed by atoms with Gasteiger partial charge in [-0.15, -0.1) is 0 Å². The minimum Gasteiger partial charge on any atom is -0.396 e. The lowest BCUT2D eigenvalue weighted by Crippen LogP contribution is -2.45. The standard InChI is InChI=1S/C11H22N2O3S/c14-9-6-11(4-5-11)10-12-17(15,16)13-7-2-1-3-8-13/h12,14H,1-10H2. The van der Waals surface area contributed by atoms with Gasteiger partial charge in [0.05, 0.1) is 0 Å². The third-order valence-corrected chi connectivity index (χ3v) is 5.44. The van der Waals surface area contributed by atoms with E-state index in [4.69, 9.17) is 5.11 Å². The van der Waals surface area contributed by atoms with E-state index in [0.29, 0.717) is 26.1 Å². The zero-order valence-electron chi connectivity index (χ0n) is 10.2. The van der Waals surface area contributed by atoms with Crippen molar-refractivity contribution in [1.29, 1.82) is 0 Å². The van der Waals surface area contributed by atoms with Gasteiger partial charge in [0.2, 0.25) is 0 Å². The zero-order valence-corrected chi connectivity index (χ0v) is 11.0. The molecular formula is C11H22N2O3S. The number of hydrogen-bond donors (Lipinski definition) is 2. The number of aliphatic hydroxyl groups excluding tert-OH is 1. The molecule has 0 radical (unpaired) electrons. The van der Waals surface area contributed by atoms with Crippen molar-refractivity contribution in [2.45, 2.75) is 38.5 Å². The van der Waals surface area contributed by atoms with Crippen LogP contribution in [0.3, 0.4) is 0 Å². The summed E-state index contributed by atoms with van der Waals surface area (Å²) in [7, 11) is -3.29. The summed E-state index contributed by atoms with van der Waals surface area (Å²) in [6, 6.07) is 0. The molecule has 0 aromatic carbocycles. The summed E-state index contributed by atoms with van der Waals surface area (Å²) in [5.41, 5.74) is 0.0393. The third-order valence-electron chi connectivity index (χ3n) is 3.88. The van der Waals surface area contributed by atoms with Gasteiger partial charge in [-0.3, -0.25) is 0 Å². The molecule has 0 aromatic rings. The lowest BCUT2D eigenvalue weighted by molar-refractivity contribution is 0.248. The maximum absolute atomic E-state index is 12.0. The van der Waals surface area contributed by atoms with Crippen LogP contribution < -0.4 is 4.72 Å². The van der Waals surface area contributed by atoms with E-state index >= 15 is 0 Å². The van der Waals surface area contributed by atoms with E-state index in [0.717, 1.165) is 32.1 Å². The van der Waals surface area contributed by atoms with Gasteiger partial charge in [0.25, 0.3) is 10.2 Å². The molecule has 0 amide bonds. The maximum Gasteiger partial charge on any atom is 0.279 e. The van der Waals surface area contributed by atoms with Gasteiger partial charge in [-0.25, -0.2) is 4.72 Å². The van der Waals surface area contributed by atoms with Crippen LogP contribution in [0.5, 0.6) is 0 Å². The number of hydrogen-bond acceptors (Lipinski definition) is 3. The molecule has 17 heavy (non-hydrogen) atoms. The number of aliphatic hydroxyl groups is 1. The Labute approximate surface area is 103 Å². The van der Waals surface area contributed by atoms with Gasteiger partial charge >= 0.3 is 0 Å². The molecule has 2 N–H and O–H groups in total. The number of piperidine rings is 1. The van der Waals surface area contributed by atoms with E-state index in [1.807, 2.05) is 0 Å². The van der Waals surface area contributed by atoms with E-state index in [-0.39, 0.29) is 12.0 Å². The van der Waals surface area contributed by atoms with Crippen LogP contribution in [0.4, 0.5) is 0 Å². The average Bonchev–Trinajstić information content (AvgIpc) is 3.09. The summed E-state index contributed by atoms with van der Waals surface area (Å²) in [4.78, 5) is 0. The molecule has 2 rings (SSSR count). The van der Waals surface area contributed by atoms with Crippen molar-refractivity contribution in [3.8, 4) is 0 Å². The quantitative estimate of drug-likeness (QED) is 0.731. The third kappa shape index (κ3) is 3.40. The highest BCUT2D eigenvalue weighted by Gasteiger charge is 2.42. The van der Waals surface area contributed by atoms with Crippen molar-refractivity contribution >= 4 is 10.2 Å². The second-order valence-corrected chi connectivity index (χ2v) is 7.01. The SMILES string of the molecule is O=S(=O)(NCC1(CCO)CC1)N1CCCCC1. The lowest BCUT2D eigenvalue weighted by Gasteiger charge is -2.27. The molecule has 0 aromatic heterocycles. The van der Waals surface area contributed by atoms with E-state index in [1.54, 1.807) is 4.31 Å². The van der Waals surface area contributed by atoms with Crippen LogP contribution in [-0.2, 0) is 10.2 Å². The summed E-state index contributed by atoms with van der Waals surface area (Å²) in [5.74, 6) is 0. The van der Waals surface area contributed by atoms with Crippen molar-refractivity contribution in [3.05, 3.63) is 0 Å². The summed E-state index contributed by atoms with van der Waals surface area (Å²) in [6.45, 7) is 1.91. The predicted molar refractivity (Wildman–Crippen MR) is 65.7 cm³/mol. The number of nitrogens with one attached hydrogen (secondary N) is 1. The molecule has 1 saturated carbocycles. The molecular weight excluding hydrogens is 240 g/mol. The normalized spacial score (nSPS) is 24.8. The average molecular weight is 262 g/mol. The summed E-state index contributed by atoms with van der Waals surface area (Å²) < 4.78 is 28.3. The molecule has 0 atom stereocenters. The first-order chi connectivity index (χ1) is 8.08. The summed E-state index contributed by atoms with van der Waals surface area (Å²) in [6.07, 6.45) is 5.80. The molecule has 1 saturated heterocycles. The molecule has 2 fully saturated rings. The first-order valence-electron chi connectivity index (χ1n) is 6.44. The molecule has 5 nitrogen and oxygen atoms in total. The van der Waals surface area contributed by atoms with Crippen molar-refractivity contribution in [1.82, 2.24) is 9.03 Å². The Balaban J connectivity index is 1.84. The Morgan fingerprint density at radius 2 is 1.82 bits per heavy atom. The Morgan fingerprint density at radius 3 is 2.35 bits per heavy atom. The lowest BCUT2D eigenvalue weighted by atomic mass is 10.0. The highest BCUT2D eigenvalue weighted by atomic mass is 32.2. The van der Waals surface area contributed by atoms with Gasteiger partial charge in [0.15, 0.2) is 0 Å². The predicted octanol–water partition coefficient (Wildman–Crippen LogP) is 0.469. The van der Waals surface area contributed by atoms with Gasteiger partial charge in [-0.2, -0.15) is 12.7 Å².